The van der Waals surface area contributed by atoms with E-state index in [4.69, 9.17) is 4.43 Å². The van der Waals surface area contributed by atoms with Gasteiger partial charge in [-0.15, -0.1) is 0 Å². The van der Waals surface area contributed by atoms with Gasteiger partial charge in [-0.05, 0) is 22.3 Å². The minimum atomic E-state index is -2.34. The summed E-state index contributed by atoms with van der Waals surface area (Å²) in [5.74, 6) is 0. The molecule has 0 bridgehead atoms. The van der Waals surface area contributed by atoms with Crippen molar-refractivity contribution < 1.29 is 4.43 Å². The van der Waals surface area contributed by atoms with Gasteiger partial charge in [-0.25, -0.2) is 0 Å². The van der Waals surface area contributed by atoms with E-state index in [2.05, 4.69) is 93.6 Å². The molecule has 0 radical (unpaired) electrons. The Bertz CT molecular complexity index is 557. The van der Waals surface area contributed by atoms with Crippen molar-refractivity contribution in [2.45, 2.75) is 32.7 Å². The molecular formula is C20H26OSi. The first kappa shape index (κ1) is 16.7. The number of rotatable bonds is 5. The molecule has 0 amide bonds. The third-order valence-electron chi connectivity index (χ3n) is 4.05. The van der Waals surface area contributed by atoms with Gasteiger partial charge in [0.05, 0.1) is 6.61 Å². The Hall–Kier alpha value is -1.64. The molecule has 0 unspecified atom stereocenters. The summed E-state index contributed by atoms with van der Waals surface area (Å²) in [4.78, 5) is 0. The van der Waals surface area contributed by atoms with Crippen LogP contribution in [0, 0.1) is 0 Å². The Balaban J connectivity index is 2.64. The molecule has 0 fully saturated rings. The molecule has 2 aromatic carbocycles. The molecule has 0 aliphatic heterocycles. The van der Waals surface area contributed by atoms with E-state index in [0.29, 0.717) is 6.61 Å². The Morgan fingerprint density at radius 3 is 1.68 bits per heavy atom. The topological polar surface area (TPSA) is 9.23 Å². The molecule has 0 aliphatic carbocycles. The highest BCUT2D eigenvalue weighted by atomic mass is 28.4. The van der Waals surface area contributed by atoms with E-state index in [0.717, 1.165) is 0 Å². The van der Waals surface area contributed by atoms with Gasteiger partial charge in [0.25, 0.3) is 8.32 Å². The molecule has 22 heavy (non-hydrogen) atoms. The molecule has 0 aromatic heterocycles. The largest absolute Gasteiger partial charge is 0.404 e. The van der Waals surface area contributed by atoms with E-state index >= 15 is 0 Å². The molecule has 0 saturated carbocycles. The fraction of sp³-hybridized carbons (Fsp3) is 0.300. The summed E-state index contributed by atoms with van der Waals surface area (Å²) < 4.78 is 6.66. The van der Waals surface area contributed by atoms with Crippen LogP contribution in [-0.2, 0) is 4.43 Å². The van der Waals surface area contributed by atoms with Gasteiger partial charge in [0.15, 0.2) is 0 Å². The van der Waals surface area contributed by atoms with Crippen LogP contribution in [-0.4, -0.2) is 14.9 Å². The highest BCUT2D eigenvalue weighted by Gasteiger charge is 2.49. The predicted octanol–water partition coefficient (Wildman–Crippen LogP) is 4.14. The molecule has 0 N–H and O–H groups in total. The van der Waals surface area contributed by atoms with Gasteiger partial charge < -0.3 is 4.43 Å². The van der Waals surface area contributed by atoms with Crippen molar-refractivity contribution in [3.8, 4) is 0 Å². The van der Waals surface area contributed by atoms with Crippen LogP contribution in [0.5, 0.6) is 0 Å². The molecule has 0 saturated heterocycles. The first-order valence-corrected chi connectivity index (χ1v) is 9.79. The van der Waals surface area contributed by atoms with E-state index in [-0.39, 0.29) is 5.04 Å². The van der Waals surface area contributed by atoms with Crippen molar-refractivity contribution in [2.24, 2.45) is 0 Å². The summed E-state index contributed by atoms with van der Waals surface area (Å²) in [6.07, 6.45) is 4.15. The van der Waals surface area contributed by atoms with Crippen LogP contribution in [0.1, 0.15) is 27.7 Å². The Morgan fingerprint density at radius 1 is 0.864 bits per heavy atom. The Kier molecular flexibility index (Phi) is 5.38. The van der Waals surface area contributed by atoms with E-state index in [9.17, 15) is 0 Å². The van der Waals surface area contributed by atoms with Crippen LogP contribution in [0.25, 0.3) is 0 Å². The van der Waals surface area contributed by atoms with Gasteiger partial charge in [-0.3, -0.25) is 0 Å². The van der Waals surface area contributed by atoms with Crippen molar-refractivity contribution in [2.75, 3.05) is 6.61 Å². The maximum Gasteiger partial charge on any atom is 0.261 e. The van der Waals surface area contributed by atoms with Crippen molar-refractivity contribution in [1.29, 1.82) is 0 Å². The fourth-order valence-electron chi connectivity index (χ4n) is 3.03. The minimum absolute atomic E-state index is 0.0529. The lowest BCUT2D eigenvalue weighted by Crippen LogP contribution is -2.66. The molecule has 116 valence electrons. The fourth-order valence-corrected chi connectivity index (χ4v) is 7.53. The molecule has 2 rings (SSSR count). The highest BCUT2D eigenvalue weighted by molar-refractivity contribution is 6.99. The summed E-state index contributed by atoms with van der Waals surface area (Å²) in [7, 11) is -2.34. The first-order chi connectivity index (χ1) is 10.5. The number of allylic oxidation sites excluding steroid dienone is 1. The van der Waals surface area contributed by atoms with Crippen LogP contribution >= 0.6 is 0 Å². The number of hydrogen-bond acceptors (Lipinski definition) is 1. The monoisotopic (exact) mass is 310 g/mol. The van der Waals surface area contributed by atoms with Crippen LogP contribution < -0.4 is 10.4 Å². The van der Waals surface area contributed by atoms with Crippen molar-refractivity contribution in [1.82, 2.24) is 0 Å². The zero-order valence-corrected chi connectivity index (χ0v) is 15.0. The van der Waals surface area contributed by atoms with Gasteiger partial charge in [-0.2, -0.15) is 0 Å². The summed E-state index contributed by atoms with van der Waals surface area (Å²) in [5, 5.41) is 2.72. The molecule has 2 aromatic rings. The second-order valence-corrected chi connectivity index (χ2v) is 10.8. The van der Waals surface area contributed by atoms with Crippen LogP contribution in [0.3, 0.4) is 0 Å². The molecule has 2 heteroatoms. The molecule has 0 aliphatic rings. The van der Waals surface area contributed by atoms with Gasteiger partial charge in [0.1, 0.15) is 0 Å². The van der Waals surface area contributed by atoms with Crippen LogP contribution in [0.2, 0.25) is 5.04 Å². The second kappa shape index (κ2) is 7.08. The molecular weight excluding hydrogens is 284 g/mol. The highest BCUT2D eigenvalue weighted by Crippen LogP contribution is 2.36. The quantitative estimate of drug-likeness (QED) is 0.596. The lowest BCUT2D eigenvalue weighted by Gasteiger charge is -2.42. The van der Waals surface area contributed by atoms with Crippen molar-refractivity contribution >= 4 is 18.7 Å². The molecule has 0 spiro atoms. The summed E-state index contributed by atoms with van der Waals surface area (Å²) >= 11 is 0. The van der Waals surface area contributed by atoms with Crippen molar-refractivity contribution in [3.05, 3.63) is 72.8 Å². The van der Waals surface area contributed by atoms with Crippen molar-refractivity contribution in [3.63, 3.8) is 0 Å². The lowest BCUT2D eigenvalue weighted by molar-refractivity contribution is 0.339. The molecule has 0 atom stereocenters. The van der Waals surface area contributed by atoms with Crippen LogP contribution in [0.4, 0.5) is 0 Å². The van der Waals surface area contributed by atoms with Crippen LogP contribution in [0.15, 0.2) is 72.8 Å². The Labute approximate surface area is 135 Å². The lowest BCUT2D eigenvalue weighted by atomic mass is 10.2. The SMILES string of the molecule is CC=CCO[Si](c1ccccc1)(c1ccccc1)C(C)(C)C. The van der Waals surface area contributed by atoms with Gasteiger partial charge in [0, 0.05) is 0 Å². The summed E-state index contributed by atoms with van der Waals surface area (Å²) in [5.41, 5.74) is 0. The normalized spacial score (nSPS) is 12.7. The standard InChI is InChI=1S/C20H26OSi/c1-5-6-17-21-22(20(2,3)4,18-13-9-7-10-14-18)19-15-11-8-12-16-19/h5-16H,17H2,1-4H3. The van der Waals surface area contributed by atoms with Gasteiger partial charge in [-0.1, -0.05) is 93.6 Å². The first-order valence-electron chi connectivity index (χ1n) is 7.88. The predicted molar refractivity (Wildman–Crippen MR) is 98.4 cm³/mol. The minimum Gasteiger partial charge on any atom is -0.404 e. The average Bonchev–Trinajstić information content (AvgIpc) is 2.52. The van der Waals surface area contributed by atoms with E-state index < -0.39 is 8.32 Å². The smallest absolute Gasteiger partial charge is 0.261 e. The average molecular weight is 311 g/mol. The molecule has 1 nitrogen and oxygen atoms in total. The number of hydrogen-bond donors (Lipinski definition) is 0. The second-order valence-electron chi connectivity index (χ2n) is 6.54. The van der Waals surface area contributed by atoms with Gasteiger partial charge >= 0.3 is 0 Å². The summed E-state index contributed by atoms with van der Waals surface area (Å²) in [6.45, 7) is 9.59. The maximum atomic E-state index is 6.66. The zero-order valence-electron chi connectivity index (χ0n) is 14.0. The molecule has 0 heterocycles. The third kappa shape index (κ3) is 3.23. The third-order valence-corrected chi connectivity index (χ3v) is 9.05. The van der Waals surface area contributed by atoms with E-state index in [1.54, 1.807) is 0 Å². The zero-order chi connectivity index (χ0) is 16.1. The summed E-state index contributed by atoms with van der Waals surface area (Å²) in [6, 6.07) is 21.5. The number of benzene rings is 2. The van der Waals surface area contributed by atoms with E-state index in [1.165, 1.54) is 10.4 Å². The van der Waals surface area contributed by atoms with E-state index in [1.807, 2.05) is 6.92 Å². The Morgan fingerprint density at radius 2 is 1.32 bits per heavy atom. The van der Waals surface area contributed by atoms with Gasteiger partial charge in [0.2, 0.25) is 0 Å². The maximum absolute atomic E-state index is 6.66.